The van der Waals surface area contributed by atoms with E-state index in [4.69, 9.17) is 16.3 Å². The Balaban J connectivity index is 1.58. The van der Waals surface area contributed by atoms with Crippen molar-refractivity contribution >= 4 is 23.2 Å². The van der Waals surface area contributed by atoms with E-state index in [1.54, 1.807) is 7.11 Å². The summed E-state index contributed by atoms with van der Waals surface area (Å²) in [5, 5.41) is 0.609. The van der Waals surface area contributed by atoms with E-state index < -0.39 is 0 Å². The van der Waals surface area contributed by atoms with Crippen LogP contribution in [0, 0.1) is 0 Å². The molecule has 1 aliphatic rings. The number of anilines is 1. The Morgan fingerprint density at radius 3 is 2.46 bits per heavy atom. The van der Waals surface area contributed by atoms with Gasteiger partial charge in [0.1, 0.15) is 5.75 Å². The van der Waals surface area contributed by atoms with E-state index in [9.17, 15) is 4.79 Å². The second-order valence-electron chi connectivity index (χ2n) is 5.85. The van der Waals surface area contributed by atoms with Gasteiger partial charge in [0.25, 0.3) is 0 Å². The molecule has 0 aromatic heterocycles. The molecule has 24 heavy (non-hydrogen) atoms. The largest absolute Gasteiger partial charge is 0.495 e. The fourth-order valence-corrected chi connectivity index (χ4v) is 3.14. The van der Waals surface area contributed by atoms with E-state index in [-0.39, 0.29) is 5.91 Å². The number of piperazine rings is 1. The number of ether oxygens (including phenoxy) is 1. The number of rotatable bonds is 4. The fourth-order valence-electron chi connectivity index (χ4n) is 2.94. The average Bonchev–Trinajstić information content (AvgIpc) is 2.63. The molecule has 0 spiro atoms. The van der Waals surface area contributed by atoms with Crippen molar-refractivity contribution in [1.29, 1.82) is 0 Å². The lowest BCUT2D eigenvalue weighted by molar-refractivity contribution is -0.130. The van der Waals surface area contributed by atoms with Gasteiger partial charge in [-0.2, -0.15) is 0 Å². The summed E-state index contributed by atoms with van der Waals surface area (Å²) in [5.41, 5.74) is 2.14. The number of nitrogens with zero attached hydrogens (tertiary/aromatic N) is 2. The summed E-state index contributed by atoms with van der Waals surface area (Å²) >= 11 is 6.08. The van der Waals surface area contributed by atoms with Gasteiger partial charge in [0.15, 0.2) is 0 Å². The molecule has 4 nitrogen and oxygen atoms in total. The Kier molecular flexibility index (Phi) is 5.26. The number of hydrogen-bond donors (Lipinski definition) is 0. The molecule has 0 radical (unpaired) electrons. The molecule has 2 aromatic rings. The van der Waals surface area contributed by atoms with Crippen molar-refractivity contribution < 1.29 is 9.53 Å². The molecule has 2 aromatic carbocycles. The Bertz CT molecular complexity index is 698. The molecule has 1 heterocycles. The molecule has 0 N–H and O–H groups in total. The van der Waals surface area contributed by atoms with Crippen LogP contribution in [0.25, 0.3) is 0 Å². The fraction of sp³-hybridized carbons (Fsp3) is 0.316. The zero-order valence-corrected chi connectivity index (χ0v) is 14.5. The Morgan fingerprint density at radius 1 is 1.08 bits per heavy atom. The van der Waals surface area contributed by atoms with Crippen molar-refractivity contribution in [3.8, 4) is 5.75 Å². The third-order valence-corrected chi connectivity index (χ3v) is 4.64. The van der Waals surface area contributed by atoms with Crippen molar-refractivity contribution in [1.82, 2.24) is 4.90 Å². The van der Waals surface area contributed by atoms with Crippen molar-refractivity contribution in [2.75, 3.05) is 38.2 Å². The van der Waals surface area contributed by atoms with Crippen LogP contribution in [0.1, 0.15) is 5.56 Å². The first-order valence-corrected chi connectivity index (χ1v) is 8.45. The molecule has 0 unspecified atom stereocenters. The predicted molar refractivity (Wildman–Crippen MR) is 96.9 cm³/mol. The van der Waals surface area contributed by atoms with Crippen LogP contribution in [0.15, 0.2) is 48.5 Å². The smallest absolute Gasteiger partial charge is 0.227 e. The maximum atomic E-state index is 12.4. The molecule has 0 atom stereocenters. The van der Waals surface area contributed by atoms with Gasteiger partial charge in [-0.3, -0.25) is 4.79 Å². The molecular formula is C19H21ClN2O2. The Labute approximate surface area is 147 Å². The lowest BCUT2D eigenvalue weighted by Gasteiger charge is -2.36. The number of carbonyl (C=O) groups excluding carboxylic acids is 1. The predicted octanol–water partition coefficient (Wildman–Crippen LogP) is 3.24. The Hall–Kier alpha value is -2.20. The van der Waals surface area contributed by atoms with Crippen LogP contribution in [0.2, 0.25) is 5.02 Å². The van der Waals surface area contributed by atoms with E-state index in [0.29, 0.717) is 17.2 Å². The molecule has 126 valence electrons. The van der Waals surface area contributed by atoms with Crippen molar-refractivity contribution in [2.24, 2.45) is 0 Å². The maximum absolute atomic E-state index is 12.4. The van der Waals surface area contributed by atoms with Gasteiger partial charge < -0.3 is 14.5 Å². The molecule has 5 heteroatoms. The monoisotopic (exact) mass is 344 g/mol. The number of methoxy groups -OCH3 is 1. The van der Waals surface area contributed by atoms with Gasteiger partial charge in [-0.05, 0) is 17.7 Å². The summed E-state index contributed by atoms with van der Waals surface area (Å²) in [6.45, 7) is 3.09. The highest BCUT2D eigenvalue weighted by Crippen LogP contribution is 2.29. The maximum Gasteiger partial charge on any atom is 0.227 e. The van der Waals surface area contributed by atoms with Crippen LogP contribution in [0.3, 0.4) is 0 Å². The van der Waals surface area contributed by atoms with Crippen LogP contribution in [-0.2, 0) is 11.2 Å². The highest BCUT2D eigenvalue weighted by Gasteiger charge is 2.21. The minimum absolute atomic E-state index is 0.189. The normalized spacial score (nSPS) is 14.6. The van der Waals surface area contributed by atoms with Gasteiger partial charge in [0.2, 0.25) is 5.91 Å². The van der Waals surface area contributed by atoms with E-state index in [0.717, 1.165) is 37.4 Å². The van der Waals surface area contributed by atoms with E-state index in [2.05, 4.69) is 4.90 Å². The summed E-state index contributed by atoms with van der Waals surface area (Å²) in [4.78, 5) is 16.6. The van der Waals surface area contributed by atoms with Crippen LogP contribution >= 0.6 is 11.6 Å². The molecule has 3 rings (SSSR count). The highest BCUT2D eigenvalue weighted by molar-refractivity contribution is 6.32. The van der Waals surface area contributed by atoms with Crippen LogP contribution < -0.4 is 9.64 Å². The van der Waals surface area contributed by atoms with Gasteiger partial charge >= 0.3 is 0 Å². The molecule has 0 bridgehead atoms. The first-order valence-electron chi connectivity index (χ1n) is 8.07. The molecular weight excluding hydrogens is 324 g/mol. The van der Waals surface area contributed by atoms with Gasteiger partial charge in [0.05, 0.1) is 18.6 Å². The second kappa shape index (κ2) is 7.58. The summed E-state index contributed by atoms with van der Waals surface area (Å²) in [6.07, 6.45) is 0.468. The molecule has 1 fully saturated rings. The summed E-state index contributed by atoms with van der Waals surface area (Å²) in [5.74, 6) is 0.867. The first kappa shape index (κ1) is 16.7. The van der Waals surface area contributed by atoms with E-state index in [1.165, 1.54) is 0 Å². The summed E-state index contributed by atoms with van der Waals surface area (Å²) in [6, 6.07) is 15.7. The number of carbonyl (C=O) groups is 1. The summed E-state index contributed by atoms with van der Waals surface area (Å²) < 4.78 is 5.28. The molecule has 1 aliphatic heterocycles. The van der Waals surface area contributed by atoms with Gasteiger partial charge in [-0.25, -0.2) is 0 Å². The van der Waals surface area contributed by atoms with E-state index >= 15 is 0 Å². The molecule has 0 saturated carbocycles. The van der Waals surface area contributed by atoms with Crippen molar-refractivity contribution in [3.05, 3.63) is 59.1 Å². The number of amides is 1. The standard InChI is InChI=1S/C19H21ClN2O2/c1-24-18-14-16(7-8-17(18)20)21-9-11-22(12-10-21)19(23)13-15-5-3-2-4-6-15/h2-8,14H,9-13H2,1H3. The van der Waals surface area contributed by atoms with Crippen LogP contribution in [0.4, 0.5) is 5.69 Å². The number of benzene rings is 2. The van der Waals surface area contributed by atoms with Crippen LogP contribution in [-0.4, -0.2) is 44.1 Å². The molecule has 1 amide bonds. The first-order chi connectivity index (χ1) is 11.7. The molecule has 0 aliphatic carbocycles. The zero-order chi connectivity index (χ0) is 16.9. The number of hydrogen-bond acceptors (Lipinski definition) is 3. The third-order valence-electron chi connectivity index (χ3n) is 4.33. The van der Waals surface area contributed by atoms with E-state index in [1.807, 2.05) is 53.4 Å². The zero-order valence-electron chi connectivity index (χ0n) is 13.7. The average molecular weight is 345 g/mol. The second-order valence-corrected chi connectivity index (χ2v) is 6.26. The minimum Gasteiger partial charge on any atom is -0.495 e. The van der Waals surface area contributed by atoms with Crippen molar-refractivity contribution in [3.63, 3.8) is 0 Å². The lowest BCUT2D eigenvalue weighted by atomic mass is 10.1. The highest BCUT2D eigenvalue weighted by atomic mass is 35.5. The minimum atomic E-state index is 0.189. The third kappa shape index (κ3) is 3.82. The van der Waals surface area contributed by atoms with Crippen LogP contribution in [0.5, 0.6) is 5.75 Å². The van der Waals surface area contributed by atoms with Crippen molar-refractivity contribution in [2.45, 2.75) is 6.42 Å². The SMILES string of the molecule is COc1cc(N2CCN(C(=O)Cc3ccccc3)CC2)ccc1Cl. The van der Waals surface area contributed by atoms with Gasteiger partial charge in [-0.15, -0.1) is 0 Å². The summed E-state index contributed by atoms with van der Waals surface area (Å²) in [7, 11) is 1.62. The molecule has 1 saturated heterocycles. The number of halogens is 1. The quantitative estimate of drug-likeness (QED) is 0.853. The van der Waals surface area contributed by atoms with Gasteiger partial charge in [0, 0.05) is 37.9 Å². The Morgan fingerprint density at radius 2 is 1.79 bits per heavy atom. The lowest BCUT2D eigenvalue weighted by Crippen LogP contribution is -2.49. The van der Waals surface area contributed by atoms with Gasteiger partial charge in [-0.1, -0.05) is 41.9 Å². The topological polar surface area (TPSA) is 32.8 Å².